The van der Waals surface area contributed by atoms with Crippen molar-refractivity contribution in [2.75, 3.05) is 39.3 Å². The second kappa shape index (κ2) is 10.6. The minimum absolute atomic E-state index is 0.00700. The van der Waals surface area contributed by atoms with E-state index in [1.165, 1.54) is 69.6 Å². The smallest absolute Gasteiger partial charge is 0.263 e. The maximum atomic E-state index is 13.2. The Bertz CT molecular complexity index is 1110. The number of thiophene rings is 1. The highest BCUT2D eigenvalue weighted by Gasteiger charge is 2.25. The maximum Gasteiger partial charge on any atom is 0.263 e. The molecule has 0 radical (unpaired) electrons. The van der Waals surface area contributed by atoms with Gasteiger partial charge in [0, 0.05) is 36.1 Å². The highest BCUT2D eigenvalue weighted by molar-refractivity contribution is 7.21. The lowest BCUT2D eigenvalue weighted by Gasteiger charge is -2.40. The Morgan fingerprint density at radius 3 is 2.56 bits per heavy atom. The fourth-order valence-corrected chi connectivity index (χ4v) is 6.89. The number of carbonyl (C=O) groups is 1. The lowest BCUT2D eigenvalue weighted by atomic mass is 10.00. The molecule has 0 aliphatic carbocycles. The van der Waals surface area contributed by atoms with E-state index in [0.29, 0.717) is 6.54 Å². The van der Waals surface area contributed by atoms with Crippen LogP contribution in [0.15, 0.2) is 30.6 Å². The number of likely N-dealkylation sites (tertiary alicyclic amines) is 2. The van der Waals surface area contributed by atoms with Gasteiger partial charge >= 0.3 is 0 Å². The molecule has 2 saturated heterocycles. The zero-order valence-electron chi connectivity index (χ0n) is 20.6. The van der Waals surface area contributed by atoms with Crippen molar-refractivity contribution in [2.24, 2.45) is 0 Å². The van der Waals surface area contributed by atoms with Crippen molar-refractivity contribution in [2.45, 2.75) is 58.4 Å². The number of pyridine rings is 1. The zero-order valence-corrected chi connectivity index (χ0v) is 21.4. The molecule has 0 bridgehead atoms. The summed E-state index contributed by atoms with van der Waals surface area (Å²) in [6, 6.07) is 6.88. The van der Waals surface area contributed by atoms with Gasteiger partial charge in [-0.1, -0.05) is 6.42 Å². The van der Waals surface area contributed by atoms with E-state index in [4.69, 9.17) is 4.98 Å². The van der Waals surface area contributed by atoms with Gasteiger partial charge in [-0.25, -0.2) is 4.98 Å². The molecule has 0 spiro atoms. The fraction of sp³-hybridized carbons (Fsp3) is 0.556. The van der Waals surface area contributed by atoms with Gasteiger partial charge in [0.2, 0.25) is 0 Å². The summed E-state index contributed by atoms with van der Waals surface area (Å²) in [5.74, 6) is 0.00700. The van der Waals surface area contributed by atoms with Gasteiger partial charge in [-0.15, -0.1) is 11.3 Å². The van der Waals surface area contributed by atoms with Gasteiger partial charge in [0.1, 0.15) is 9.71 Å². The molecule has 3 aromatic rings. The lowest BCUT2D eigenvalue weighted by Crippen LogP contribution is -2.47. The summed E-state index contributed by atoms with van der Waals surface area (Å²) in [6.45, 7) is 10.9. The van der Waals surface area contributed by atoms with E-state index < -0.39 is 0 Å². The number of aromatic nitrogens is 2. The van der Waals surface area contributed by atoms with Crippen LogP contribution in [0.25, 0.3) is 15.9 Å². The molecule has 7 heteroatoms. The topological polar surface area (TPSA) is 53.4 Å². The number of nitrogens with one attached hydrogen (secondary N) is 1. The molecule has 2 aliphatic heterocycles. The maximum absolute atomic E-state index is 13.2. The van der Waals surface area contributed by atoms with Gasteiger partial charge < -0.3 is 19.7 Å². The van der Waals surface area contributed by atoms with Gasteiger partial charge in [-0.3, -0.25) is 4.79 Å². The largest absolute Gasteiger partial charge is 0.351 e. The third-order valence-corrected chi connectivity index (χ3v) is 8.50. The van der Waals surface area contributed by atoms with Crippen molar-refractivity contribution in [1.82, 2.24) is 24.7 Å². The molecule has 5 heterocycles. The van der Waals surface area contributed by atoms with Crippen LogP contribution in [0.4, 0.5) is 0 Å². The SMILES string of the molecule is Cc1cc(C)c2c(-n3cccc3)c(C(=O)NCCCN3CCC(N4CCCCC4)CC3)sc2n1. The van der Waals surface area contributed by atoms with Crippen LogP contribution in [0, 0.1) is 13.8 Å². The molecule has 2 aliphatic rings. The van der Waals surface area contributed by atoms with Crippen molar-refractivity contribution in [3.63, 3.8) is 0 Å². The zero-order chi connectivity index (χ0) is 23.5. The molecule has 0 unspecified atom stereocenters. The molecule has 5 rings (SSSR count). The quantitative estimate of drug-likeness (QED) is 0.496. The number of piperidine rings is 2. The molecule has 0 saturated carbocycles. The van der Waals surface area contributed by atoms with E-state index in [9.17, 15) is 4.79 Å². The molecule has 34 heavy (non-hydrogen) atoms. The molecule has 0 aromatic carbocycles. The number of hydrogen-bond donors (Lipinski definition) is 1. The molecule has 182 valence electrons. The first kappa shape index (κ1) is 23.5. The summed E-state index contributed by atoms with van der Waals surface area (Å²) >= 11 is 1.50. The van der Waals surface area contributed by atoms with Crippen molar-refractivity contribution in [1.29, 1.82) is 0 Å². The normalized spacial score (nSPS) is 18.5. The number of carbonyl (C=O) groups excluding carboxylic acids is 1. The Balaban J connectivity index is 1.17. The van der Waals surface area contributed by atoms with E-state index in [2.05, 4.69) is 28.1 Å². The first-order chi connectivity index (χ1) is 16.6. The van der Waals surface area contributed by atoms with E-state index in [0.717, 1.165) is 51.0 Å². The minimum atomic E-state index is 0.00700. The van der Waals surface area contributed by atoms with Crippen LogP contribution in [0.3, 0.4) is 0 Å². The third kappa shape index (κ3) is 5.07. The summed E-state index contributed by atoms with van der Waals surface area (Å²) in [5, 5.41) is 4.27. The van der Waals surface area contributed by atoms with Gasteiger partial charge in [0.05, 0.1) is 5.69 Å². The average Bonchev–Trinajstić information content (AvgIpc) is 3.50. The van der Waals surface area contributed by atoms with E-state index in [-0.39, 0.29) is 5.91 Å². The van der Waals surface area contributed by atoms with Crippen molar-refractivity contribution >= 4 is 27.5 Å². The van der Waals surface area contributed by atoms with Gasteiger partial charge in [-0.05, 0) is 102 Å². The number of amides is 1. The number of fused-ring (bicyclic) bond motifs is 1. The Morgan fingerprint density at radius 2 is 1.82 bits per heavy atom. The second-order valence-electron chi connectivity index (χ2n) is 9.91. The molecular weight excluding hydrogens is 442 g/mol. The summed E-state index contributed by atoms with van der Waals surface area (Å²) in [4.78, 5) is 24.9. The Hall–Kier alpha value is -2.22. The number of hydrogen-bond acceptors (Lipinski definition) is 5. The van der Waals surface area contributed by atoms with E-state index in [1.54, 1.807) is 0 Å². The van der Waals surface area contributed by atoms with Gasteiger partial charge in [0.15, 0.2) is 0 Å². The number of rotatable bonds is 7. The van der Waals surface area contributed by atoms with E-state index >= 15 is 0 Å². The summed E-state index contributed by atoms with van der Waals surface area (Å²) in [7, 11) is 0. The lowest BCUT2D eigenvalue weighted by molar-refractivity contribution is 0.0904. The Labute approximate surface area is 207 Å². The predicted octanol–water partition coefficient (Wildman–Crippen LogP) is 4.77. The Morgan fingerprint density at radius 1 is 1.09 bits per heavy atom. The van der Waals surface area contributed by atoms with Crippen LogP contribution in [0.2, 0.25) is 0 Å². The van der Waals surface area contributed by atoms with E-state index in [1.807, 2.05) is 36.0 Å². The highest BCUT2D eigenvalue weighted by Crippen LogP contribution is 2.35. The molecule has 1 N–H and O–H groups in total. The summed E-state index contributed by atoms with van der Waals surface area (Å²) in [6.07, 6.45) is 11.7. The molecule has 0 atom stereocenters. The number of nitrogens with zero attached hydrogens (tertiary/aromatic N) is 4. The standard InChI is InChI=1S/C27H37N5OS/c1-20-19-21(2)29-27-23(20)24(32-15-6-7-16-32)25(34-27)26(33)28-11-8-12-30-17-9-22(10-18-30)31-13-4-3-5-14-31/h6-7,15-16,19,22H,3-5,8-14,17-18H2,1-2H3,(H,28,33). The average molecular weight is 480 g/mol. The minimum Gasteiger partial charge on any atom is -0.351 e. The van der Waals surface area contributed by atoms with Crippen LogP contribution in [0.5, 0.6) is 0 Å². The Kier molecular flexibility index (Phi) is 7.32. The van der Waals surface area contributed by atoms with Crippen LogP contribution in [-0.2, 0) is 0 Å². The predicted molar refractivity (Wildman–Crippen MR) is 140 cm³/mol. The van der Waals surface area contributed by atoms with Crippen molar-refractivity contribution in [3.05, 3.63) is 46.7 Å². The van der Waals surface area contributed by atoms with Crippen LogP contribution in [-0.4, -0.2) is 70.6 Å². The monoisotopic (exact) mass is 479 g/mol. The molecule has 2 fully saturated rings. The summed E-state index contributed by atoms with van der Waals surface area (Å²) in [5.41, 5.74) is 3.10. The molecule has 1 amide bonds. The van der Waals surface area contributed by atoms with Gasteiger partial charge in [-0.2, -0.15) is 0 Å². The van der Waals surface area contributed by atoms with Crippen LogP contribution >= 0.6 is 11.3 Å². The molecule has 3 aromatic heterocycles. The first-order valence-corrected chi connectivity index (χ1v) is 13.7. The van der Waals surface area contributed by atoms with Crippen LogP contribution in [0.1, 0.15) is 59.5 Å². The summed E-state index contributed by atoms with van der Waals surface area (Å²) < 4.78 is 2.05. The molecular formula is C27H37N5OS. The number of aryl methyl sites for hydroxylation is 2. The van der Waals surface area contributed by atoms with Crippen LogP contribution < -0.4 is 5.32 Å². The fourth-order valence-electron chi connectivity index (χ4n) is 5.68. The highest BCUT2D eigenvalue weighted by atomic mass is 32.1. The van der Waals surface area contributed by atoms with Gasteiger partial charge in [0.25, 0.3) is 5.91 Å². The van der Waals surface area contributed by atoms with Crippen molar-refractivity contribution < 1.29 is 4.79 Å². The molecule has 6 nitrogen and oxygen atoms in total. The first-order valence-electron chi connectivity index (χ1n) is 12.9. The second-order valence-corrected chi connectivity index (χ2v) is 10.9. The third-order valence-electron chi connectivity index (χ3n) is 7.43. The van der Waals surface area contributed by atoms with Crippen molar-refractivity contribution in [3.8, 4) is 5.69 Å².